The molecule has 1 unspecified atom stereocenters. The van der Waals surface area contributed by atoms with Crippen LogP contribution in [-0.2, 0) is 9.59 Å². The first-order chi connectivity index (χ1) is 14.0. The summed E-state index contributed by atoms with van der Waals surface area (Å²) in [6.45, 7) is 3.44. The van der Waals surface area contributed by atoms with Gasteiger partial charge in [-0.05, 0) is 57.1 Å². The minimum atomic E-state index is -0.587. The molecule has 3 aliphatic rings. The zero-order valence-electron chi connectivity index (χ0n) is 17.1. The fourth-order valence-electron chi connectivity index (χ4n) is 4.94. The summed E-state index contributed by atoms with van der Waals surface area (Å²) in [6, 6.07) is 5.79. The van der Waals surface area contributed by atoms with Crippen molar-refractivity contribution in [3.05, 3.63) is 30.1 Å². The summed E-state index contributed by atoms with van der Waals surface area (Å²) in [6.07, 6.45) is 5.25. The fraction of sp³-hybridized carbons (Fsp3) is 0.636. The number of likely N-dealkylation sites (N-methyl/N-ethyl adjacent to an activating group) is 1. The Bertz CT molecular complexity index is 748. The van der Waals surface area contributed by atoms with Crippen molar-refractivity contribution < 1.29 is 18.7 Å². The molecule has 6 nitrogen and oxygen atoms in total. The lowest BCUT2D eigenvalue weighted by Crippen LogP contribution is -2.77. The highest BCUT2D eigenvalue weighted by Crippen LogP contribution is 2.45. The van der Waals surface area contributed by atoms with E-state index >= 15 is 0 Å². The SMILES string of the molecule is CN1CCCN(C(=O)CN2C(=O)C(Oc3ccc(F)cc3)C23CCCCC3)CC1. The molecule has 0 bridgehead atoms. The van der Waals surface area contributed by atoms with E-state index in [9.17, 15) is 14.0 Å². The van der Waals surface area contributed by atoms with E-state index in [-0.39, 0.29) is 24.2 Å². The molecule has 1 saturated carbocycles. The summed E-state index contributed by atoms with van der Waals surface area (Å²) in [4.78, 5) is 31.8. The summed E-state index contributed by atoms with van der Waals surface area (Å²) < 4.78 is 19.2. The molecule has 1 atom stereocenters. The van der Waals surface area contributed by atoms with Crippen molar-refractivity contribution in [1.29, 1.82) is 0 Å². The third-order valence-corrected chi connectivity index (χ3v) is 6.67. The topological polar surface area (TPSA) is 53.1 Å². The molecule has 3 fully saturated rings. The van der Waals surface area contributed by atoms with Crippen molar-refractivity contribution >= 4 is 11.8 Å². The highest BCUT2D eigenvalue weighted by molar-refractivity contribution is 5.94. The number of halogens is 1. The Morgan fingerprint density at radius 2 is 1.79 bits per heavy atom. The Hall–Kier alpha value is -2.15. The number of ether oxygens (including phenoxy) is 1. The van der Waals surface area contributed by atoms with Gasteiger partial charge in [0, 0.05) is 19.6 Å². The van der Waals surface area contributed by atoms with Crippen LogP contribution in [-0.4, -0.2) is 77.9 Å². The maximum atomic E-state index is 13.2. The minimum absolute atomic E-state index is 0.0267. The Morgan fingerprint density at radius 3 is 2.52 bits per heavy atom. The van der Waals surface area contributed by atoms with Crippen LogP contribution < -0.4 is 4.74 Å². The second kappa shape index (κ2) is 8.30. The van der Waals surface area contributed by atoms with Crippen LogP contribution in [0.25, 0.3) is 0 Å². The maximum Gasteiger partial charge on any atom is 0.267 e. The number of hydrogen-bond acceptors (Lipinski definition) is 4. The first kappa shape index (κ1) is 20.1. The van der Waals surface area contributed by atoms with Crippen LogP contribution >= 0.6 is 0 Å². The van der Waals surface area contributed by atoms with Gasteiger partial charge in [-0.1, -0.05) is 19.3 Å². The second-order valence-electron chi connectivity index (χ2n) is 8.58. The van der Waals surface area contributed by atoms with Gasteiger partial charge < -0.3 is 19.4 Å². The summed E-state index contributed by atoms with van der Waals surface area (Å²) in [5.74, 6) is 0.0616. The zero-order chi connectivity index (χ0) is 20.4. The summed E-state index contributed by atoms with van der Waals surface area (Å²) >= 11 is 0. The molecule has 2 heterocycles. The molecule has 2 saturated heterocycles. The Balaban J connectivity index is 1.47. The standard InChI is InChI=1S/C22H30FN3O3/c1-24-12-5-13-25(15-14-24)19(27)16-26-21(28)20(22(26)10-3-2-4-11-22)29-18-8-6-17(23)7-9-18/h6-9,20H,2-5,10-16H2,1H3. The molecule has 1 aromatic rings. The van der Waals surface area contributed by atoms with Crippen LogP contribution in [0.2, 0.25) is 0 Å². The lowest BCUT2D eigenvalue weighted by Gasteiger charge is -2.58. The highest BCUT2D eigenvalue weighted by atomic mass is 19.1. The van der Waals surface area contributed by atoms with Gasteiger partial charge in [-0.15, -0.1) is 0 Å². The average Bonchev–Trinajstić information content (AvgIpc) is 2.96. The highest BCUT2D eigenvalue weighted by Gasteiger charge is 2.62. The average molecular weight is 403 g/mol. The van der Waals surface area contributed by atoms with Crippen LogP contribution in [0.1, 0.15) is 38.5 Å². The van der Waals surface area contributed by atoms with Gasteiger partial charge in [-0.25, -0.2) is 4.39 Å². The molecule has 2 aliphatic heterocycles. The van der Waals surface area contributed by atoms with Crippen LogP contribution in [0.5, 0.6) is 5.75 Å². The molecule has 0 aromatic heterocycles. The van der Waals surface area contributed by atoms with E-state index in [0.717, 1.165) is 58.2 Å². The first-order valence-electron chi connectivity index (χ1n) is 10.7. The van der Waals surface area contributed by atoms with Crippen molar-refractivity contribution in [2.75, 3.05) is 39.8 Å². The van der Waals surface area contributed by atoms with Gasteiger partial charge in [0.1, 0.15) is 18.1 Å². The minimum Gasteiger partial charge on any atom is -0.478 e. The lowest BCUT2D eigenvalue weighted by molar-refractivity contribution is -0.188. The van der Waals surface area contributed by atoms with Crippen molar-refractivity contribution in [3.8, 4) is 5.75 Å². The van der Waals surface area contributed by atoms with Gasteiger partial charge >= 0.3 is 0 Å². The predicted molar refractivity (Wildman–Crippen MR) is 107 cm³/mol. The number of carbonyl (C=O) groups excluding carboxylic acids is 2. The predicted octanol–water partition coefficient (Wildman–Crippen LogP) is 2.28. The van der Waals surface area contributed by atoms with Gasteiger partial charge in [-0.3, -0.25) is 9.59 Å². The fourth-order valence-corrected chi connectivity index (χ4v) is 4.94. The zero-order valence-corrected chi connectivity index (χ0v) is 17.1. The molecule has 0 radical (unpaired) electrons. The number of carbonyl (C=O) groups is 2. The molecular formula is C22H30FN3O3. The van der Waals surface area contributed by atoms with Gasteiger partial charge in [0.05, 0.1) is 5.54 Å². The number of rotatable bonds is 4. The molecule has 2 amide bonds. The lowest BCUT2D eigenvalue weighted by atomic mass is 9.70. The molecule has 1 spiro atoms. The summed E-state index contributed by atoms with van der Waals surface area (Å²) in [5.41, 5.74) is -0.415. The monoisotopic (exact) mass is 403 g/mol. The maximum absolute atomic E-state index is 13.2. The molecule has 1 aromatic carbocycles. The third-order valence-electron chi connectivity index (χ3n) is 6.67. The number of likely N-dealkylation sites (tertiary alicyclic amines) is 1. The second-order valence-corrected chi connectivity index (χ2v) is 8.58. The van der Waals surface area contributed by atoms with E-state index < -0.39 is 11.6 Å². The van der Waals surface area contributed by atoms with Gasteiger partial charge in [-0.2, -0.15) is 0 Å². The quantitative estimate of drug-likeness (QED) is 0.724. The smallest absolute Gasteiger partial charge is 0.267 e. The van der Waals surface area contributed by atoms with Crippen LogP contribution in [0.15, 0.2) is 24.3 Å². The van der Waals surface area contributed by atoms with Crippen LogP contribution in [0, 0.1) is 5.82 Å². The molecule has 158 valence electrons. The van der Waals surface area contributed by atoms with E-state index in [1.165, 1.54) is 12.1 Å². The summed E-state index contributed by atoms with van der Waals surface area (Å²) in [7, 11) is 2.07. The number of hydrogen-bond donors (Lipinski definition) is 0. The van der Waals surface area contributed by atoms with E-state index in [1.807, 2.05) is 4.90 Å². The van der Waals surface area contributed by atoms with Crippen molar-refractivity contribution in [3.63, 3.8) is 0 Å². The Kier molecular flexibility index (Phi) is 5.76. The van der Waals surface area contributed by atoms with Crippen molar-refractivity contribution in [1.82, 2.24) is 14.7 Å². The van der Waals surface area contributed by atoms with E-state index in [4.69, 9.17) is 4.74 Å². The molecule has 7 heteroatoms. The first-order valence-corrected chi connectivity index (χ1v) is 10.7. The van der Waals surface area contributed by atoms with Crippen molar-refractivity contribution in [2.24, 2.45) is 0 Å². The van der Waals surface area contributed by atoms with E-state index in [0.29, 0.717) is 12.3 Å². The Morgan fingerprint density at radius 1 is 1.07 bits per heavy atom. The number of β-lactam (4-membered cyclic amide) rings is 1. The van der Waals surface area contributed by atoms with E-state index in [2.05, 4.69) is 11.9 Å². The molecule has 0 N–H and O–H groups in total. The number of amides is 2. The third kappa shape index (κ3) is 3.97. The molecule has 29 heavy (non-hydrogen) atoms. The van der Waals surface area contributed by atoms with Crippen molar-refractivity contribution in [2.45, 2.75) is 50.2 Å². The summed E-state index contributed by atoms with van der Waals surface area (Å²) in [5, 5.41) is 0. The molecule has 4 rings (SSSR count). The van der Waals surface area contributed by atoms with Crippen LogP contribution in [0.3, 0.4) is 0 Å². The van der Waals surface area contributed by atoms with E-state index in [1.54, 1.807) is 17.0 Å². The number of nitrogens with zero attached hydrogens (tertiary/aromatic N) is 3. The Labute approximate surface area is 171 Å². The molecular weight excluding hydrogens is 373 g/mol. The molecule has 1 aliphatic carbocycles. The van der Waals surface area contributed by atoms with Crippen LogP contribution in [0.4, 0.5) is 4.39 Å². The van der Waals surface area contributed by atoms with Gasteiger partial charge in [0.2, 0.25) is 5.91 Å². The normalized spacial score (nSPS) is 24.9. The largest absolute Gasteiger partial charge is 0.478 e. The van der Waals surface area contributed by atoms with Gasteiger partial charge in [0.25, 0.3) is 5.91 Å². The number of benzene rings is 1. The van der Waals surface area contributed by atoms with Gasteiger partial charge in [0.15, 0.2) is 6.10 Å².